The zero-order chi connectivity index (χ0) is 12.5. The highest BCUT2D eigenvalue weighted by atomic mass is 79.9. The first-order valence-electron chi connectivity index (χ1n) is 6.25. The van der Waals surface area contributed by atoms with Crippen molar-refractivity contribution < 1.29 is 0 Å². The number of rotatable bonds is 2. The minimum atomic E-state index is 0.103. The normalized spacial score (nSPS) is 24.8. The summed E-state index contributed by atoms with van der Waals surface area (Å²) in [4.78, 5) is 2.50. The highest BCUT2D eigenvalue weighted by molar-refractivity contribution is 9.10. The molecule has 17 heavy (non-hydrogen) atoms. The van der Waals surface area contributed by atoms with Crippen LogP contribution in [0.4, 0.5) is 0 Å². The summed E-state index contributed by atoms with van der Waals surface area (Å²) >= 11 is 3.47. The quantitative estimate of drug-likeness (QED) is 0.908. The molecule has 1 unspecified atom stereocenters. The van der Waals surface area contributed by atoms with Crippen LogP contribution in [0.1, 0.15) is 32.3 Å². The standard InChI is InChI=1S/C14H21BrN2/c1-14(2)13(16)4-3-9-17(14)10-11-5-7-12(15)8-6-11/h5-8,13H,3-4,9-10,16H2,1-2H3. The zero-order valence-electron chi connectivity index (χ0n) is 10.6. The molecular weight excluding hydrogens is 276 g/mol. The lowest BCUT2D eigenvalue weighted by Gasteiger charge is -2.46. The number of halogens is 1. The molecule has 2 rings (SSSR count). The van der Waals surface area contributed by atoms with Gasteiger partial charge in [0.25, 0.3) is 0 Å². The van der Waals surface area contributed by atoms with E-state index in [0.717, 1.165) is 24.0 Å². The van der Waals surface area contributed by atoms with E-state index >= 15 is 0 Å². The number of hydrogen-bond acceptors (Lipinski definition) is 2. The molecule has 2 nitrogen and oxygen atoms in total. The van der Waals surface area contributed by atoms with Crippen molar-refractivity contribution in [1.29, 1.82) is 0 Å². The third-order valence-electron chi connectivity index (χ3n) is 3.95. The molecule has 1 heterocycles. The molecule has 3 heteroatoms. The molecule has 1 atom stereocenters. The van der Waals surface area contributed by atoms with Crippen LogP contribution in [0.25, 0.3) is 0 Å². The molecule has 1 aromatic carbocycles. The highest BCUT2D eigenvalue weighted by Gasteiger charge is 2.35. The Hall–Kier alpha value is -0.380. The molecule has 0 spiro atoms. The third kappa shape index (κ3) is 2.90. The molecule has 1 aromatic rings. The molecule has 1 aliphatic rings. The highest BCUT2D eigenvalue weighted by Crippen LogP contribution is 2.28. The lowest BCUT2D eigenvalue weighted by Crippen LogP contribution is -2.59. The van der Waals surface area contributed by atoms with Crippen molar-refractivity contribution in [2.24, 2.45) is 5.73 Å². The van der Waals surface area contributed by atoms with Crippen molar-refractivity contribution in [3.05, 3.63) is 34.3 Å². The summed E-state index contributed by atoms with van der Waals surface area (Å²) in [6.07, 6.45) is 2.35. The molecule has 0 aliphatic carbocycles. The van der Waals surface area contributed by atoms with Crippen LogP contribution in [0, 0.1) is 0 Å². The molecule has 0 aromatic heterocycles. The van der Waals surface area contributed by atoms with Crippen molar-refractivity contribution >= 4 is 15.9 Å². The van der Waals surface area contributed by atoms with E-state index in [9.17, 15) is 0 Å². The summed E-state index contributed by atoms with van der Waals surface area (Å²) in [5.74, 6) is 0. The van der Waals surface area contributed by atoms with E-state index in [1.54, 1.807) is 0 Å². The smallest absolute Gasteiger partial charge is 0.0307 e. The second kappa shape index (κ2) is 5.09. The van der Waals surface area contributed by atoms with Crippen LogP contribution in [-0.2, 0) is 6.54 Å². The van der Waals surface area contributed by atoms with Gasteiger partial charge in [-0.25, -0.2) is 0 Å². The number of benzene rings is 1. The summed E-state index contributed by atoms with van der Waals surface area (Å²) in [6.45, 7) is 6.66. The summed E-state index contributed by atoms with van der Waals surface area (Å²) in [5.41, 5.74) is 7.69. The predicted octanol–water partition coefficient (Wildman–Crippen LogP) is 3.15. The van der Waals surface area contributed by atoms with Gasteiger partial charge in [0.2, 0.25) is 0 Å². The van der Waals surface area contributed by atoms with Crippen molar-refractivity contribution in [1.82, 2.24) is 4.90 Å². The number of nitrogens with two attached hydrogens (primary N) is 1. The minimum Gasteiger partial charge on any atom is -0.326 e. The molecule has 1 fully saturated rings. The molecule has 0 bridgehead atoms. The van der Waals surface area contributed by atoms with Crippen LogP contribution in [-0.4, -0.2) is 23.0 Å². The predicted molar refractivity (Wildman–Crippen MR) is 75.8 cm³/mol. The third-order valence-corrected chi connectivity index (χ3v) is 4.48. The van der Waals surface area contributed by atoms with Gasteiger partial charge in [-0.15, -0.1) is 0 Å². The molecule has 94 valence electrons. The fourth-order valence-electron chi connectivity index (χ4n) is 2.47. The first-order valence-corrected chi connectivity index (χ1v) is 7.04. The van der Waals surface area contributed by atoms with E-state index in [-0.39, 0.29) is 11.6 Å². The Morgan fingerprint density at radius 2 is 2.00 bits per heavy atom. The molecular formula is C14H21BrN2. The second-order valence-electron chi connectivity index (χ2n) is 5.45. The Kier molecular flexibility index (Phi) is 3.91. The van der Waals surface area contributed by atoms with Crippen LogP contribution >= 0.6 is 15.9 Å². The van der Waals surface area contributed by atoms with Gasteiger partial charge < -0.3 is 5.73 Å². The molecule has 1 saturated heterocycles. The summed E-state index contributed by atoms with van der Waals surface area (Å²) in [6, 6.07) is 8.85. The van der Waals surface area contributed by atoms with Gasteiger partial charge in [-0.3, -0.25) is 4.90 Å². The van der Waals surface area contributed by atoms with Gasteiger partial charge in [-0.1, -0.05) is 28.1 Å². The fourth-order valence-corrected chi connectivity index (χ4v) is 2.74. The van der Waals surface area contributed by atoms with Crippen molar-refractivity contribution in [2.45, 2.75) is 44.8 Å². The van der Waals surface area contributed by atoms with Crippen molar-refractivity contribution in [3.63, 3.8) is 0 Å². The van der Waals surface area contributed by atoms with Gasteiger partial charge in [-0.2, -0.15) is 0 Å². The van der Waals surface area contributed by atoms with Gasteiger partial charge in [-0.05, 0) is 50.9 Å². The Morgan fingerprint density at radius 3 is 2.65 bits per heavy atom. The van der Waals surface area contributed by atoms with E-state index in [2.05, 4.69) is 58.9 Å². The van der Waals surface area contributed by atoms with Crippen molar-refractivity contribution in [2.75, 3.05) is 6.54 Å². The lowest BCUT2D eigenvalue weighted by atomic mass is 9.85. The summed E-state index contributed by atoms with van der Waals surface area (Å²) in [7, 11) is 0. The fraction of sp³-hybridized carbons (Fsp3) is 0.571. The van der Waals surface area contributed by atoms with E-state index in [0.29, 0.717) is 0 Å². The van der Waals surface area contributed by atoms with E-state index in [4.69, 9.17) is 5.73 Å². The Labute approximate surface area is 112 Å². The average Bonchev–Trinajstić information content (AvgIpc) is 2.28. The van der Waals surface area contributed by atoms with E-state index in [1.807, 2.05) is 0 Å². The number of likely N-dealkylation sites (tertiary alicyclic amines) is 1. The average molecular weight is 297 g/mol. The molecule has 0 radical (unpaired) electrons. The number of nitrogens with zero attached hydrogens (tertiary/aromatic N) is 1. The van der Waals surface area contributed by atoms with Crippen molar-refractivity contribution in [3.8, 4) is 0 Å². The topological polar surface area (TPSA) is 29.3 Å². The van der Waals surface area contributed by atoms with Gasteiger partial charge >= 0.3 is 0 Å². The largest absolute Gasteiger partial charge is 0.326 e. The van der Waals surface area contributed by atoms with E-state index < -0.39 is 0 Å². The molecule has 2 N–H and O–H groups in total. The summed E-state index contributed by atoms with van der Waals surface area (Å²) < 4.78 is 1.14. The van der Waals surface area contributed by atoms with Crippen LogP contribution in [0.5, 0.6) is 0 Å². The molecule has 0 amide bonds. The second-order valence-corrected chi connectivity index (χ2v) is 6.37. The number of piperidine rings is 1. The van der Waals surface area contributed by atoms with Gasteiger partial charge in [0.15, 0.2) is 0 Å². The van der Waals surface area contributed by atoms with Crippen LogP contribution in [0.2, 0.25) is 0 Å². The van der Waals surface area contributed by atoms with E-state index in [1.165, 1.54) is 12.0 Å². The van der Waals surface area contributed by atoms with Gasteiger partial charge in [0.1, 0.15) is 0 Å². The number of hydrogen-bond donors (Lipinski definition) is 1. The molecule has 0 saturated carbocycles. The SMILES string of the molecule is CC1(C)C(N)CCCN1Cc1ccc(Br)cc1. The Morgan fingerprint density at radius 1 is 1.35 bits per heavy atom. The maximum atomic E-state index is 6.23. The lowest BCUT2D eigenvalue weighted by molar-refractivity contribution is 0.0501. The maximum Gasteiger partial charge on any atom is 0.0307 e. The van der Waals surface area contributed by atoms with Gasteiger partial charge in [0.05, 0.1) is 0 Å². The Balaban J connectivity index is 2.09. The van der Waals surface area contributed by atoms with Crippen LogP contribution in [0.3, 0.4) is 0 Å². The zero-order valence-corrected chi connectivity index (χ0v) is 12.2. The first-order chi connectivity index (χ1) is 8.00. The molecule has 1 aliphatic heterocycles. The first kappa shape index (κ1) is 13.1. The van der Waals surface area contributed by atoms with Crippen LogP contribution in [0.15, 0.2) is 28.7 Å². The monoisotopic (exact) mass is 296 g/mol. The van der Waals surface area contributed by atoms with Crippen LogP contribution < -0.4 is 5.73 Å². The minimum absolute atomic E-state index is 0.103. The van der Waals surface area contributed by atoms with Gasteiger partial charge in [0, 0.05) is 22.6 Å². The summed E-state index contributed by atoms with van der Waals surface area (Å²) in [5, 5.41) is 0. The Bertz CT molecular complexity index is 372. The maximum absolute atomic E-state index is 6.23.